The monoisotopic (exact) mass is 315 g/mol. The molecule has 0 spiro atoms. The van der Waals surface area contributed by atoms with E-state index in [9.17, 15) is 9.59 Å². The smallest absolute Gasteiger partial charge is 0.293 e. The van der Waals surface area contributed by atoms with Crippen LogP contribution in [0.25, 0.3) is 0 Å². The quantitative estimate of drug-likeness (QED) is 0.262. The number of quaternary nitrogens is 1. The summed E-state index contributed by atoms with van der Waals surface area (Å²) in [6.07, 6.45) is 3.95. The number of hydrogen-bond acceptors (Lipinski definition) is 2. The molecule has 5 nitrogen and oxygen atoms in total. The van der Waals surface area contributed by atoms with Gasteiger partial charge in [0.15, 0.2) is 0 Å². The van der Waals surface area contributed by atoms with Crippen LogP contribution in [-0.4, -0.2) is 54.5 Å². The molecule has 2 amide bonds. The summed E-state index contributed by atoms with van der Waals surface area (Å²) in [5.41, 5.74) is 3.30. The van der Waals surface area contributed by atoms with E-state index in [0.717, 1.165) is 19.4 Å². The van der Waals surface area contributed by atoms with Gasteiger partial charge in [-0.15, -0.1) is 6.58 Å². The van der Waals surface area contributed by atoms with Crippen molar-refractivity contribution >= 4 is 11.8 Å². The SMILES string of the molecule is C=CC(C(=C)C(=O)N[N+](C)(C)CCC)N1CCCC1=O.[Cl-]. The maximum Gasteiger partial charge on any atom is 0.293 e. The van der Waals surface area contributed by atoms with Gasteiger partial charge in [0, 0.05) is 18.5 Å². The molecule has 1 rings (SSSR count). The van der Waals surface area contributed by atoms with Crippen molar-refractivity contribution in [1.82, 2.24) is 10.3 Å². The van der Waals surface area contributed by atoms with E-state index in [1.54, 1.807) is 11.0 Å². The molecule has 120 valence electrons. The van der Waals surface area contributed by atoms with Crippen LogP contribution < -0.4 is 17.8 Å². The van der Waals surface area contributed by atoms with Crippen molar-refractivity contribution in [3.63, 3.8) is 0 Å². The Morgan fingerprint density at radius 2 is 2.14 bits per heavy atom. The molecule has 21 heavy (non-hydrogen) atoms. The molecule has 0 bridgehead atoms. The average Bonchev–Trinajstić information content (AvgIpc) is 2.76. The number of carbonyl (C=O) groups excluding carboxylic acids is 2. The zero-order valence-corrected chi connectivity index (χ0v) is 13.9. The Hall–Kier alpha value is -1.33. The van der Waals surface area contributed by atoms with Gasteiger partial charge >= 0.3 is 0 Å². The Bertz CT molecular complexity index is 421. The van der Waals surface area contributed by atoms with E-state index in [2.05, 4.69) is 25.5 Å². The summed E-state index contributed by atoms with van der Waals surface area (Å²) in [5, 5.41) is 0. The Kier molecular flexibility index (Phi) is 7.68. The van der Waals surface area contributed by atoms with E-state index in [4.69, 9.17) is 0 Å². The summed E-state index contributed by atoms with van der Waals surface area (Å²) in [6.45, 7) is 11.2. The number of carbonyl (C=O) groups is 2. The van der Waals surface area contributed by atoms with Crippen molar-refractivity contribution in [2.45, 2.75) is 32.2 Å². The molecule has 0 aliphatic carbocycles. The molecule has 1 saturated heterocycles. The molecule has 1 unspecified atom stereocenters. The Morgan fingerprint density at radius 1 is 1.52 bits per heavy atom. The fourth-order valence-corrected chi connectivity index (χ4v) is 2.52. The first-order chi connectivity index (χ1) is 9.32. The lowest BCUT2D eigenvalue weighted by Crippen LogP contribution is -3.00. The molecule has 0 aromatic rings. The van der Waals surface area contributed by atoms with Crippen LogP contribution in [0.2, 0.25) is 0 Å². The van der Waals surface area contributed by atoms with Gasteiger partial charge in [0.25, 0.3) is 5.91 Å². The van der Waals surface area contributed by atoms with Gasteiger partial charge in [-0.1, -0.05) is 19.6 Å². The normalized spacial score (nSPS) is 16.1. The number of likely N-dealkylation sites (tertiary alicyclic amines) is 1. The van der Waals surface area contributed by atoms with E-state index in [1.165, 1.54) is 0 Å². The van der Waals surface area contributed by atoms with Gasteiger partial charge in [-0.2, -0.15) is 5.43 Å². The molecule has 0 aromatic carbocycles. The van der Waals surface area contributed by atoms with E-state index in [0.29, 0.717) is 23.1 Å². The molecule has 0 saturated carbocycles. The molecular weight excluding hydrogens is 290 g/mol. The molecule has 0 radical (unpaired) electrons. The summed E-state index contributed by atoms with van der Waals surface area (Å²) in [5.74, 6) is -0.167. The maximum absolute atomic E-state index is 12.3. The molecule has 0 aromatic heterocycles. The highest BCUT2D eigenvalue weighted by atomic mass is 35.5. The summed E-state index contributed by atoms with van der Waals surface area (Å²) >= 11 is 0. The van der Waals surface area contributed by atoms with Crippen molar-refractivity contribution in [1.29, 1.82) is 0 Å². The van der Waals surface area contributed by atoms with Crippen LogP contribution in [0.1, 0.15) is 26.2 Å². The summed E-state index contributed by atoms with van der Waals surface area (Å²) in [4.78, 5) is 25.8. The third-order valence-electron chi connectivity index (χ3n) is 3.50. The van der Waals surface area contributed by atoms with Crippen molar-refractivity contribution < 1.29 is 26.6 Å². The second kappa shape index (κ2) is 8.20. The predicted octanol–water partition coefficient (Wildman–Crippen LogP) is -1.76. The number of halogens is 1. The molecule has 1 aliphatic rings. The maximum atomic E-state index is 12.3. The first kappa shape index (κ1) is 19.7. The minimum atomic E-state index is -0.411. The van der Waals surface area contributed by atoms with Gasteiger partial charge in [-0.3, -0.25) is 9.59 Å². The van der Waals surface area contributed by atoms with Gasteiger partial charge in [-0.25, -0.2) is 4.59 Å². The molecular formula is C15H26ClN3O2. The largest absolute Gasteiger partial charge is 1.00 e. The molecule has 6 heteroatoms. The lowest BCUT2D eigenvalue weighted by Gasteiger charge is -2.31. The van der Waals surface area contributed by atoms with Crippen LogP contribution in [-0.2, 0) is 9.59 Å². The molecule has 1 atom stereocenters. The minimum Gasteiger partial charge on any atom is -1.00 e. The molecule has 1 heterocycles. The Balaban J connectivity index is 0.00000400. The van der Waals surface area contributed by atoms with Crippen molar-refractivity contribution in [3.8, 4) is 0 Å². The van der Waals surface area contributed by atoms with Gasteiger partial charge in [0.05, 0.1) is 20.1 Å². The molecule has 1 fully saturated rings. The Labute approximate surface area is 133 Å². The molecule has 1 aliphatic heterocycles. The van der Waals surface area contributed by atoms with Gasteiger partial charge in [0.1, 0.15) is 6.54 Å². The third-order valence-corrected chi connectivity index (χ3v) is 3.50. The molecule has 1 N–H and O–H groups in total. The number of rotatable bonds is 7. The zero-order chi connectivity index (χ0) is 15.3. The van der Waals surface area contributed by atoms with E-state index in [-0.39, 0.29) is 24.2 Å². The predicted molar refractivity (Wildman–Crippen MR) is 79.5 cm³/mol. The van der Waals surface area contributed by atoms with Gasteiger partial charge < -0.3 is 17.3 Å². The van der Waals surface area contributed by atoms with Crippen LogP contribution in [0.4, 0.5) is 0 Å². The van der Waals surface area contributed by atoms with Gasteiger partial charge in [0.2, 0.25) is 5.91 Å². The highest BCUT2D eigenvalue weighted by Crippen LogP contribution is 2.19. The van der Waals surface area contributed by atoms with Crippen LogP contribution in [0.5, 0.6) is 0 Å². The van der Waals surface area contributed by atoms with E-state index in [1.807, 2.05) is 14.1 Å². The Morgan fingerprint density at radius 3 is 2.57 bits per heavy atom. The standard InChI is InChI=1S/C15H25N3O2.ClH/c1-6-11-18(4,5)16-15(20)12(3)13(7-2)17-10-8-9-14(17)19;/h7,13H,2-3,6,8-11H2,1,4-5H3;1H. The topological polar surface area (TPSA) is 49.4 Å². The van der Waals surface area contributed by atoms with Crippen LogP contribution in [0.3, 0.4) is 0 Å². The second-order valence-corrected chi connectivity index (χ2v) is 5.75. The summed E-state index contributed by atoms with van der Waals surface area (Å²) < 4.78 is 0.395. The van der Waals surface area contributed by atoms with E-state index >= 15 is 0 Å². The fourth-order valence-electron chi connectivity index (χ4n) is 2.52. The number of amides is 2. The van der Waals surface area contributed by atoms with Crippen LogP contribution in [0, 0.1) is 0 Å². The average molecular weight is 316 g/mol. The minimum absolute atomic E-state index is 0. The van der Waals surface area contributed by atoms with Crippen molar-refractivity contribution in [2.24, 2.45) is 0 Å². The zero-order valence-electron chi connectivity index (χ0n) is 13.2. The number of hydrogen-bond donors (Lipinski definition) is 1. The third kappa shape index (κ3) is 5.17. The highest BCUT2D eigenvalue weighted by molar-refractivity contribution is 5.94. The van der Waals surface area contributed by atoms with Crippen LogP contribution >= 0.6 is 0 Å². The fraction of sp³-hybridized carbons (Fsp3) is 0.600. The van der Waals surface area contributed by atoms with Crippen molar-refractivity contribution in [2.75, 3.05) is 27.2 Å². The highest BCUT2D eigenvalue weighted by Gasteiger charge is 2.31. The van der Waals surface area contributed by atoms with Crippen LogP contribution in [0.15, 0.2) is 24.8 Å². The van der Waals surface area contributed by atoms with Gasteiger partial charge in [-0.05, 0) is 12.8 Å². The number of nitrogens with one attached hydrogen (secondary N) is 1. The first-order valence-electron chi connectivity index (χ1n) is 7.09. The van der Waals surface area contributed by atoms with E-state index < -0.39 is 6.04 Å². The second-order valence-electron chi connectivity index (χ2n) is 5.75. The van der Waals surface area contributed by atoms with Crippen molar-refractivity contribution in [3.05, 3.63) is 24.8 Å². The lowest BCUT2D eigenvalue weighted by atomic mass is 10.1. The number of nitrogens with zero attached hydrogens (tertiary/aromatic N) is 2. The first-order valence-corrected chi connectivity index (χ1v) is 7.09. The summed E-state index contributed by atoms with van der Waals surface area (Å²) in [7, 11) is 3.86. The summed E-state index contributed by atoms with van der Waals surface area (Å²) in [6, 6.07) is -0.411. The lowest BCUT2D eigenvalue weighted by molar-refractivity contribution is -0.925.